The second kappa shape index (κ2) is 5.80. The van der Waals surface area contributed by atoms with Crippen LogP contribution in [-0.2, 0) is 6.42 Å². The molecule has 0 amide bonds. The lowest BCUT2D eigenvalue weighted by atomic mass is 10.0. The van der Waals surface area contributed by atoms with Crippen LogP contribution in [0.15, 0.2) is 40.9 Å². The molecule has 0 aliphatic heterocycles. The van der Waals surface area contributed by atoms with Gasteiger partial charge in [0.1, 0.15) is 11.6 Å². The molecule has 98 valence electrons. The minimum absolute atomic E-state index is 0.0112. The molecule has 0 heterocycles. The zero-order chi connectivity index (χ0) is 14.0. The van der Waals surface area contributed by atoms with E-state index in [0.717, 1.165) is 0 Å². The van der Waals surface area contributed by atoms with Gasteiger partial charge in [0.05, 0.1) is 10.6 Å². The van der Waals surface area contributed by atoms with Gasteiger partial charge in [0.15, 0.2) is 5.78 Å². The highest BCUT2D eigenvalue weighted by atomic mass is 79.9. The van der Waals surface area contributed by atoms with Crippen molar-refractivity contribution in [2.75, 3.05) is 0 Å². The van der Waals surface area contributed by atoms with Crippen LogP contribution in [0, 0.1) is 11.6 Å². The van der Waals surface area contributed by atoms with Crippen molar-refractivity contribution >= 4 is 33.3 Å². The maximum atomic E-state index is 13.6. The van der Waals surface area contributed by atoms with Crippen molar-refractivity contribution in [3.8, 4) is 0 Å². The van der Waals surface area contributed by atoms with Crippen molar-refractivity contribution in [2.45, 2.75) is 6.42 Å². The van der Waals surface area contributed by atoms with E-state index in [1.807, 2.05) is 0 Å². The van der Waals surface area contributed by atoms with Gasteiger partial charge in [-0.15, -0.1) is 0 Å². The number of carbonyl (C=O) groups excluding carboxylic acids is 1. The van der Waals surface area contributed by atoms with E-state index in [1.54, 1.807) is 6.07 Å². The first kappa shape index (κ1) is 14.2. The van der Waals surface area contributed by atoms with Crippen molar-refractivity contribution < 1.29 is 13.6 Å². The highest BCUT2D eigenvalue weighted by molar-refractivity contribution is 9.10. The Hall–Kier alpha value is -1.26. The molecular weight excluding hydrogens is 338 g/mol. The van der Waals surface area contributed by atoms with E-state index in [0.29, 0.717) is 10.0 Å². The molecule has 0 bridgehead atoms. The summed E-state index contributed by atoms with van der Waals surface area (Å²) >= 11 is 8.78. The summed E-state index contributed by atoms with van der Waals surface area (Å²) in [6, 6.07) is 8.31. The Morgan fingerprint density at radius 3 is 2.53 bits per heavy atom. The Bertz CT molecular complexity index is 623. The molecule has 0 aliphatic rings. The lowest BCUT2D eigenvalue weighted by Crippen LogP contribution is -2.07. The van der Waals surface area contributed by atoms with E-state index in [-0.39, 0.29) is 17.0 Å². The third-order valence-corrected chi connectivity index (χ3v) is 3.54. The average molecular weight is 346 g/mol. The summed E-state index contributed by atoms with van der Waals surface area (Å²) in [5, 5.41) is -0.0575. The molecule has 0 aromatic heterocycles. The van der Waals surface area contributed by atoms with Gasteiger partial charge in [-0.25, -0.2) is 8.78 Å². The molecule has 2 rings (SSSR count). The molecule has 0 N–H and O–H groups in total. The Morgan fingerprint density at radius 1 is 1.16 bits per heavy atom. The Kier molecular flexibility index (Phi) is 4.32. The van der Waals surface area contributed by atoms with Crippen LogP contribution in [0.25, 0.3) is 0 Å². The van der Waals surface area contributed by atoms with Crippen molar-refractivity contribution in [1.82, 2.24) is 0 Å². The molecule has 2 aromatic carbocycles. The largest absolute Gasteiger partial charge is 0.294 e. The van der Waals surface area contributed by atoms with Crippen LogP contribution in [-0.4, -0.2) is 5.78 Å². The van der Waals surface area contributed by atoms with Crippen molar-refractivity contribution in [2.24, 2.45) is 0 Å². The summed E-state index contributed by atoms with van der Waals surface area (Å²) in [6.45, 7) is 0. The standard InChI is InChI=1S/C14H8BrClF2O/c15-9-2-1-3-12(18)14(9)13(19)7-8-4-5-11(17)10(16)6-8/h1-6H,7H2. The molecule has 0 aliphatic carbocycles. The highest BCUT2D eigenvalue weighted by Gasteiger charge is 2.16. The first-order valence-corrected chi connectivity index (χ1v) is 6.57. The molecule has 0 saturated heterocycles. The summed E-state index contributed by atoms with van der Waals surface area (Å²) in [5.74, 6) is -1.54. The zero-order valence-corrected chi connectivity index (χ0v) is 11.9. The lowest BCUT2D eigenvalue weighted by Gasteiger charge is -2.06. The van der Waals surface area contributed by atoms with E-state index in [2.05, 4.69) is 15.9 Å². The predicted octanol–water partition coefficient (Wildman–Crippen LogP) is 4.81. The molecule has 0 spiro atoms. The van der Waals surface area contributed by atoms with Crippen LogP contribution in [0.4, 0.5) is 8.78 Å². The minimum atomic E-state index is -0.590. The van der Waals surface area contributed by atoms with E-state index in [9.17, 15) is 13.6 Å². The average Bonchev–Trinajstić information content (AvgIpc) is 2.33. The smallest absolute Gasteiger partial charge is 0.171 e. The monoisotopic (exact) mass is 344 g/mol. The molecule has 0 fully saturated rings. The van der Waals surface area contributed by atoms with Crippen molar-refractivity contribution in [3.63, 3.8) is 0 Å². The van der Waals surface area contributed by atoms with Crippen LogP contribution in [0.2, 0.25) is 5.02 Å². The molecule has 1 nitrogen and oxygen atoms in total. The number of rotatable bonds is 3. The maximum absolute atomic E-state index is 13.6. The number of Topliss-reactive ketones (excluding diaryl/α,β-unsaturated/α-hetero) is 1. The fourth-order valence-corrected chi connectivity index (χ4v) is 2.45. The van der Waals surface area contributed by atoms with E-state index in [1.165, 1.54) is 30.3 Å². The number of carbonyl (C=O) groups is 1. The topological polar surface area (TPSA) is 17.1 Å². The zero-order valence-electron chi connectivity index (χ0n) is 9.59. The van der Waals surface area contributed by atoms with E-state index < -0.39 is 17.4 Å². The van der Waals surface area contributed by atoms with Gasteiger partial charge in [0, 0.05) is 10.9 Å². The van der Waals surface area contributed by atoms with E-state index in [4.69, 9.17) is 11.6 Å². The molecule has 0 atom stereocenters. The van der Waals surface area contributed by atoms with Crippen LogP contribution in [0.1, 0.15) is 15.9 Å². The number of halogens is 4. The quantitative estimate of drug-likeness (QED) is 0.730. The van der Waals surface area contributed by atoms with Crippen LogP contribution in [0.5, 0.6) is 0 Å². The number of hydrogen-bond donors (Lipinski definition) is 0. The SMILES string of the molecule is O=C(Cc1ccc(F)c(Cl)c1)c1c(F)cccc1Br. The van der Waals surface area contributed by atoms with Gasteiger partial charge in [0.2, 0.25) is 0 Å². The lowest BCUT2D eigenvalue weighted by molar-refractivity contribution is 0.0988. The van der Waals surface area contributed by atoms with Gasteiger partial charge < -0.3 is 0 Å². The van der Waals surface area contributed by atoms with Crippen LogP contribution < -0.4 is 0 Å². The van der Waals surface area contributed by atoms with Gasteiger partial charge >= 0.3 is 0 Å². The molecule has 0 saturated carbocycles. The van der Waals surface area contributed by atoms with Gasteiger partial charge in [-0.2, -0.15) is 0 Å². The summed E-state index contributed by atoms with van der Waals surface area (Å²) in [7, 11) is 0. The van der Waals surface area contributed by atoms with Gasteiger partial charge in [-0.3, -0.25) is 4.79 Å². The second-order valence-electron chi connectivity index (χ2n) is 3.95. The first-order chi connectivity index (χ1) is 8.99. The molecule has 0 unspecified atom stereocenters. The third-order valence-electron chi connectivity index (χ3n) is 2.59. The number of benzene rings is 2. The third kappa shape index (κ3) is 3.19. The Morgan fingerprint density at radius 2 is 1.89 bits per heavy atom. The molecular formula is C14H8BrClF2O. The number of hydrogen-bond acceptors (Lipinski definition) is 1. The molecule has 5 heteroatoms. The van der Waals surface area contributed by atoms with Gasteiger partial charge in [-0.05, 0) is 45.8 Å². The van der Waals surface area contributed by atoms with Gasteiger partial charge in [-0.1, -0.05) is 23.7 Å². The first-order valence-electron chi connectivity index (χ1n) is 5.40. The molecule has 0 radical (unpaired) electrons. The minimum Gasteiger partial charge on any atom is -0.294 e. The fraction of sp³-hybridized carbons (Fsp3) is 0.0714. The van der Waals surface area contributed by atoms with E-state index >= 15 is 0 Å². The summed E-state index contributed by atoms with van der Waals surface area (Å²) in [4.78, 5) is 12.0. The second-order valence-corrected chi connectivity index (χ2v) is 5.21. The Balaban J connectivity index is 2.28. The molecule has 2 aromatic rings. The molecule has 19 heavy (non-hydrogen) atoms. The number of ketones is 1. The Labute approximate surface area is 122 Å². The summed E-state index contributed by atoms with van der Waals surface area (Å²) < 4.78 is 27.0. The fourth-order valence-electron chi connectivity index (χ4n) is 1.69. The summed E-state index contributed by atoms with van der Waals surface area (Å²) in [5.41, 5.74) is 0.523. The normalized spacial score (nSPS) is 10.5. The van der Waals surface area contributed by atoms with Crippen LogP contribution in [0.3, 0.4) is 0 Å². The summed E-state index contributed by atoms with van der Waals surface area (Å²) in [6.07, 6.45) is -0.0421. The van der Waals surface area contributed by atoms with Crippen molar-refractivity contribution in [3.05, 3.63) is 68.7 Å². The maximum Gasteiger partial charge on any atom is 0.171 e. The van der Waals surface area contributed by atoms with Crippen molar-refractivity contribution in [1.29, 1.82) is 0 Å². The predicted molar refractivity (Wildman–Crippen MR) is 73.5 cm³/mol. The van der Waals surface area contributed by atoms with Gasteiger partial charge in [0.25, 0.3) is 0 Å². The van der Waals surface area contributed by atoms with Crippen LogP contribution >= 0.6 is 27.5 Å². The highest BCUT2D eigenvalue weighted by Crippen LogP contribution is 2.23.